The molecule has 1 aliphatic rings. The molecule has 1 fully saturated rings. The topological polar surface area (TPSA) is 48.9 Å². The lowest BCUT2D eigenvalue weighted by Crippen LogP contribution is -2.40. The van der Waals surface area contributed by atoms with Crippen molar-refractivity contribution in [2.24, 2.45) is 16.8 Å². The Kier molecular flexibility index (Phi) is 11.7. The van der Waals surface area contributed by atoms with Gasteiger partial charge < -0.3 is 20.3 Å². The Hall–Kier alpha value is -1.02. The number of nitrogens with one attached hydrogen (secondary N) is 2. The Labute approximate surface area is 182 Å². The van der Waals surface area contributed by atoms with Crippen molar-refractivity contribution in [1.29, 1.82) is 0 Å². The number of methoxy groups -OCH3 is 1. The van der Waals surface area contributed by atoms with Gasteiger partial charge in [0.15, 0.2) is 5.96 Å². The fourth-order valence-corrected chi connectivity index (χ4v) is 3.83. The van der Waals surface area contributed by atoms with E-state index in [1.54, 1.807) is 7.11 Å². The average molecular weight is 488 g/mol. The first-order valence-corrected chi connectivity index (χ1v) is 9.90. The second-order valence-corrected chi connectivity index (χ2v) is 7.62. The van der Waals surface area contributed by atoms with Crippen molar-refractivity contribution in [2.45, 2.75) is 39.7 Å². The molecule has 0 radical (unpaired) electrons. The standard InChI is InChI=1S/C21H36N4O.HI/c1-17-12-18(2)16-25(15-17)11-6-5-10-23-21(22-3)24-14-19-8-7-9-20(13-19)26-4;/h7-9,13,17-18H,5-6,10-12,14-16H2,1-4H3,(H2,22,23,24);1H. The molecule has 0 aromatic heterocycles. The summed E-state index contributed by atoms with van der Waals surface area (Å²) in [6, 6.07) is 8.10. The van der Waals surface area contributed by atoms with Crippen LogP contribution in [0.2, 0.25) is 0 Å². The number of ether oxygens (including phenoxy) is 1. The maximum absolute atomic E-state index is 5.27. The lowest BCUT2D eigenvalue weighted by atomic mass is 9.92. The zero-order chi connectivity index (χ0) is 18.8. The van der Waals surface area contributed by atoms with Gasteiger partial charge in [-0.1, -0.05) is 26.0 Å². The van der Waals surface area contributed by atoms with Crippen molar-refractivity contribution in [3.8, 4) is 5.75 Å². The molecule has 1 heterocycles. The van der Waals surface area contributed by atoms with Crippen LogP contribution in [0.4, 0.5) is 0 Å². The van der Waals surface area contributed by atoms with E-state index in [1.807, 2.05) is 25.2 Å². The van der Waals surface area contributed by atoms with Crippen molar-refractivity contribution < 1.29 is 4.74 Å². The third kappa shape index (κ3) is 9.14. The van der Waals surface area contributed by atoms with Crippen molar-refractivity contribution >= 4 is 29.9 Å². The highest BCUT2D eigenvalue weighted by molar-refractivity contribution is 14.0. The molecule has 0 aliphatic carbocycles. The molecule has 0 spiro atoms. The highest BCUT2D eigenvalue weighted by Crippen LogP contribution is 2.20. The SMILES string of the molecule is CN=C(NCCCCN1CC(C)CC(C)C1)NCc1cccc(OC)c1.I. The minimum atomic E-state index is 0. The van der Waals surface area contributed by atoms with E-state index >= 15 is 0 Å². The summed E-state index contributed by atoms with van der Waals surface area (Å²) >= 11 is 0. The molecule has 5 nitrogen and oxygen atoms in total. The predicted molar refractivity (Wildman–Crippen MR) is 125 cm³/mol. The number of rotatable bonds is 8. The molecule has 27 heavy (non-hydrogen) atoms. The van der Waals surface area contributed by atoms with Crippen LogP contribution < -0.4 is 15.4 Å². The second kappa shape index (κ2) is 13.2. The Morgan fingerprint density at radius 3 is 2.59 bits per heavy atom. The van der Waals surface area contributed by atoms with Gasteiger partial charge in [0.1, 0.15) is 5.75 Å². The first kappa shape index (κ1) is 24.0. The van der Waals surface area contributed by atoms with Crippen LogP contribution in [-0.4, -0.2) is 51.2 Å². The van der Waals surface area contributed by atoms with Gasteiger partial charge in [-0.05, 0) is 55.3 Å². The number of aliphatic imine (C=N–C) groups is 1. The van der Waals surface area contributed by atoms with Gasteiger partial charge >= 0.3 is 0 Å². The fourth-order valence-electron chi connectivity index (χ4n) is 3.83. The molecule has 2 unspecified atom stereocenters. The molecule has 1 saturated heterocycles. The molecule has 0 bridgehead atoms. The van der Waals surface area contributed by atoms with E-state index in [9.17, 15) is 0 Å². The highest BCUT2D eigenvalue weighted by atomic mass is 127. The van der Waals surface area contributed by atoms with Crippen LogP contribution in [0.5, 0.6) is 5.75 Å². The van der Waals surface area contributed by atoms with Crippen LogP contribution in [0.1, 0.15) is 38.7 Å². The van der Waals surface area contributed by atoms with Crippen LogP contribution >= 0.6 is 24.0 Å². The van der Waals surface area contributed by atoms with E-state index in [2.05, 4.69) is 40.4 Å². The van der Waals surface area contributed by atoms with E-state index < -0.39 is 0 Å². The fraction of sp³-hybridized carbons (Fsp3) is 0.667. The summed E-state index contributed by atoms with van der Waals surface area (Å²) in [6.45, 7) is 10.2. The van der Waals surface area contributed by atoms with Crippen molar-refractivity contribution in [2.75, 3.05) is 40.3 Å². The number of guanidine groups is 1. The molecule has 154 valence electrons. The van der Waals surface area contributed by atoms with Crippen LogP contribution in [-0.2, 0) is 6.54 Å². The van der Waals surface area contributed by atoms with Gasteiger partial charge in [0.25, 0.3) is 0 Å². The van der Waals surface area contributed by atoms with Gasteiger partial charge in [0, 0.05) is 33.2 Å². The highest BCUT2D eigenvalue weighted by Gasteiger charge is 2.20. The van der Waals surface area contributed by atoms with Gasteiger partial charge in [0.2, 0.25) is 0 Å². The molecule has 2 N–H and O–H groups in total. The van der Waals surface area contributed by atoms with E-state index in [0.29, 0.717) is 0 Å². The van der Waals surface area contributed by atoms with Crippen LogP contribution in [0, 0.1) is 11.8 Å². The monoisotopic (exact) mass is 488 g/mol. The number of likely N-dealkylation sites (tertiary alicyclic amines) is 1. The van der Waals surface area contributed by atoms with E-state index in [0.717, 1.165) is 36.6 Å². The first-order valence-electron chi connectivity index (χ1n) is 9.90. The summed E-state index contributed by atoms with van der Waals surface area (Å²) in [6.07, 6.45) is 3.78. The molecule has 0 amide bonds. The smallest absolute Gasteiger partial charge is 0.191 e. The number of nitrogens with zero attached hydrogens (tertiary/aromatic N) is 2. The van der Waals surface area contributed by atoms with Crippen molar-refractivity contribution in [3.63, 3.8) is 0 Å². The molecule has 2 atom stereocenters. The summed E-state index contributed by atoms with van der Waals surface area (Å²) in [5, 5.41) is 6.77. The van der Waals surface area contributed by atoms with Crippen LogP contribution in [0.3, 0.4) is 0 Å². The molecule has 1 aromatic rings. The summed E-state index contributed by atoms with van der Waals surface area (Å²) in [5.74, 6) is 3.43. The molecular formula is C21H37IN4O. The van der Waals surface area contributed by atoms with Gasteiger partial charge in [-0.25, -0.2) is 0 Å². The number of benzene rings is 1. The lowest BCUT2D eigenvalue weighted by molar-refractivity contribution is 0.139. The van der Waals surface area contributed by atoms with Crippen LogP contribution in [0.15, 0.2) is 29.3 Å². The van der Waals surface area contributed by atoms with Crippen molar-refractivity contribution in [1.82, 2.24) is 15.5 Å². The quantitative estimate of drug-likeness (QED) is 0.254. The number of halogens is 1. The summed E-state index contributed by atoms with van der Waals surface area (Å²) in [5.41, 5.74) is 1.18. The largest absolute Gasteiger partial charge is 0.497 e. The van der Waals surface area contributed by atoms with E-state index in [-0.39, 0.29) is 24.0 Å². The first-order chi connectivity index (χ1) is 12.6. The molecule has 1 aromatic carbocycles. The Morgan fingerprint density at radius 2 is 1.93 bits per heavy atom. The Bertz CT molecular complexity index is 557. The zero-order valence-electron chi connectivity index (χ0n) is 17.3. The number of unbranched alkanes of at least 4 members (excludes halogenated alkanes) is 1. The molecule has 1 aliphatic heterocycles. The predicted octanol–water partition coefficient (Wildman–Crippen LogP) is 3.74. The van der Waals surface area contributed by atoms with Crippen LogP contribution in [0.25, 0.3) is 0 Å². The second-order valence-electron chi connectivity index (χ2n) is 7.62. The van der Waals surface area contributed by atoms with Gasteiger partial charge in [-0.2, -0.15) is 0 Å². The molecule has 6 heteroatoms. The van der Waals surface area contributed by atoms with Gasteiger partial charge in [-0.3, -0.25) is 4.99 Å². The van der Waals surface area contributed by atoms with Gasteiger partial charge in [0.05, 0.1) is 7.11 Å². The van der Waals surface area contributed by atoms with E-state index in [4.69, 9.17) is 4.74 Å². The minimum absolute atomic E-state index is 0. The normalized spacial score (nSPS) is 20.7. The zero-order valence-corrected chi connectivity index (χ0v) is 19.7. The summed E-state index contributed by atoms with van der Waals surface area (Å²) in [4.78, 5) is 6.94. The number of hydrogen-bond donors (Lipinski definition) is 2. The number of piperidine rings is 1. The molecular weight excluding hydrogens is 451 g/mol. The summed E-state index contributed by atoms with van der Waals surface area (Å²) in [7, 11) is 3.51. The Balaban J connectivity index is 0.00000364. The maximum atomic E-state index is 5.27. The third-order valence-electron chi connectivity index (χ3n) is 4.96. The molecule has 2 rings (SSSR count). The maximum Gasteiger partial charge on any atom is 0.191 e. The average Bonchev–Trinajstić information content (AvgIpc) is 2.63. The minimum Gasteiger partial charge on any atom is -0.497 e. The third-order valence-corrected chi connectivity index (χ3v) is 4.96. The molecule has 0 saturated carbocycles. The van der Waals surface area contributed by atoms with E-state index in [1.165, 1.54) is 44.5 Å². The lowest BCUT2D eigenvalue weighted by Gasteiger charge is -2.34. The van der Waals surface area contributed by atoms with Crippen molar-refractivity contribution in [3.05, 3.63) is 29.8 Å². The Morgan fingerprint density at radius 1 is 1.19 bits per heavy atom. The van der Waals surface area contributed by atoms with Gasteiger partial charge in [-0.15, -0.1) is 24.0 Å². The number of hydrogen-bond acceptors (Lipinski definition) is 3. The summed E-state index contributed by atoms with van der Waals surface area (Å²) < 4.78 is 5.27.